The van der Waals surface area contributed by atoms with Crippen LogP contribution in [0.2, 0.25) is 0 Å². The fourth-order valence-electron chi connectivity index (χ4n) is 3.24. The number of allylic oxidation sites excluding steroid dienone is 2. The number of hydrogen-bond acceptors (Lipinski definition) is 6. The highest BCUT2D eigenvalue weighted by Gasteiger charge is 2.44. The van der Waals surface area contributed by atoms with Crippen molar-refractivity contribution in [2.24, 2.45) is 0 Å². The van der Waals surface area contributed by atoms with Crippen LogP contribution < -0.4 is 9.46 Å². The highest BCUT2D eigenvalue weighted by molar-refractivity contribution is 7.90. The molecule has 184 valence electrons. The first kappa shape index (κ1) is 27.3. The molecule has 0 heterocycles. The maximum Gasteiger partial charge on any atom is 0.416 e. The Bertz CT molecular complexity index is 1010. The molecule has 1 aromatic carbocycles. The van der Waals surface area contributed by atoms with Crippen molar-refractivity contribution in [1.29, 1.82) is 0 Å². The summed E-state index contributed by atoms with van der Waals surface area (Å²) in [6.45, 7) is 6.63. The summed E-state index contributed by atoms with van der Waals surface area (Å²) in [5.41, 5.74) is -1.00. The fourth-order valence-corrected chi connectivity index (χ4v) is 6.00. The Morgan fingerprint density at radius 1 is 1.21 bits per heavy atom. The van der Waals surface area contributed by atoms with E-state index < -0.39 is 34.3 Å². The zero-order valence-electron chi connectivity index (χ0n) is 19.4. The molecule has 1 aromatic rings. The van der Waals surface area contributed by atoms with E-state index in [4.69, 9.17) is 9.26 Å². The first-order valence-electron chi connectivity index (χ1n) is 10.8. The number of nitrogens with one attached hydrogen (secondary N) is 1. The average Bonchev–Trinajstić information content (AvgIpc) is 2.73. The summed E-state index contributed by atoms with van der Waals surface area (Å²) >= 11 is 0. The van der Waals surface area contributed by atoms with Gasteiger partial charge in [0.2, 0.25) is 4.93 Å². The van der Waals surface area contributed by atoms with Gasteiger partial charge in [0, 0.05) is 25.6 Å². The molecule has 0 saturated carbocycles. The summed E-state index contributed by atoms with van der Waals surface area (Å²) in [5, 5.41) is 0. The molecule has 0 aromatic heterocycles. The van der Waals surface area contributed by atoms with Crippen LogP contribution in [0.15, 0.2) is 54.6 Å². The van der Waals surface area contributed by atoms with Crippen LogP contribution in [-0.2, 0) is 19.1 Å². The molecule has 2 atom stereocenters. The maximum atomic E-state index is 13.2. The second-order valence-electron chi connectivity index (χ2n) is 8.21. The third-order valence-corrected chi connectivity index (χ3v) is 8.15. The second-order valence-corrected chi connectivity index (χ2v) is 11.8. The van der Waals surface area contributed by atoms with Crippen LogP contribution in [0.25, 0.3) is 0 Å². The Morgan fingerprint density at radius 3 is 2.42 bits per heavy atom. The van der Waals surface area contributed by atoms with E-state index in [1.54, 1.807) is 70.2 Å². The van der Waals surface area contributed by atoms with Gasteiger partial charge in [0.05, 0.1) is 6.10 Å². The number of carbonyl (C=O) groups excluding carboxylic acids is 1. The molecule has 2 unspecified atom stereocenters. The number of carbonyl (C=O) groups is 1. The SMILES string of the molecule is CC(C)OP(=O)(O)C(=O)N(CCCNS(=O)(=O)C1(Oc2ccccc2)C=CC=CC1)C(C)C. The van der Waals surface area contributed by atoms with E-state index >= 15 is 0 Å². The second kappa shape index (κ2) is 11.4. The van der Waals surface area contributed by atoms with E-state index in [1.807, 2.05) is 6.07 Å². The van der Waals surface area contributed by atoms with Crippen molar-refractivity contribution >= 4 is 23.3 Å². The van der Waals surface area contributed by atoms with E-state index in [1.165, 1.54) is 11.0 Å². The number of benzene rings is 1. The molecule has 9 nitrogen and oxygen atoms in total. The van der Waals surface area contributed by atoms with Crippen molar-refractivity contribution in [3.8, 4) is 5.75 Å². The fraction of sp³-hybridized carbons (Fsp3) is 0.500. The minimum atomic E-state index is -4.49. The zero-order valence-corrected chi connectivity index (χ0v) is 21.1. The van der Waals surface area contributed by atoms with Crippen molar-refractivity contribution in [1.82, 2.24) is 9.62 Å². The molecular weight excluding hydrogens is 467 g/mol. The van der Waals surface area contributed by atoms with Crippen molar-refractivity contribution in [3.05, 3.63) is 54.6 Å². The zero-order chi connectivity index (χ0) is 24.7. The quantitative estimate of drug-likeness (QED) is 0.328. The lowest BCUT2D eigenvalue weighted by Gasteiger charge is -2.32. The van der Waals surface area contributed by atoms with Gasteiger partial charge in [-0.15, -0.1) is 0 Å². The predicted molar refractivity (Wildman–Crippen MR) is 128 cm³/mol. The Kier molecular flexibility index (Phi) is 9.46. The van der Waals surface area contributed by atoms with Crippen molar-refractivity contribution in [2.45, 2.75) is 57.6 Å². The number of rotatable bonds is 12. The first-order valence-corrected chi connectivity index (χ1v) is 13.9. The Balaban J connectivity index is 2.05. The summed E-state index contributed by atoms with van der Waals surface area (Å²) in [6, 6.07) is 8.31. The lowest BCUT2D eigenvalue weighted by atomic mass is 10.1. The third-order valence-electron chi connectivity index (χ3n) is 4.82. The van der Waals surface area contributed by atoms with Gasteiger partial charge in [0.1, 0.15) is 5.75 Å². The van der Waals surface area contributed by atoms with Crippen LogP contribution in [0.5, 0.6) is 5.75 Å². The molecule has 0 bridgehead atoms. The standard InChI is InChI=1S/C22H33N2O7PS/c1-18(2)24(21(25)32(26,27)31-19(3)4)17-11-16-23-33(28,29)22(14-9-6-10-15-22)30-20-12-7-5-8-13-20/h5-10,12-14,18-19,23H,11,15-17H2,1-4H3,(H,26,27). The van der Waals surface area contributed by atoms with E-state index in [0.29, 0.717) is 5.75 Å². The van der Waals surface area contributed by atoms with Crippen LogP contribution in [0.4, 0.5) is 4.79 Å². The Labute approximate surface area is 196 Å². The minimum Gasteiger partial charge on any atom is -0.466 e. The topological polar surface area (TPSA) is 122 Å². The molecule has 1 aliphatic rings. The smallest absolute Gasteiger partial charge is 0.416 e. The summed E-state index contributed by atoms with van der Waals surface area (Å²) in [4.78, 5) is 22.2. The predicted octanol–water partition coefficient (Wildman–Crippen LogP) is 4.03. The summed E-state index contributed by atoms with van der Waals surface area (Å²) in [6.07, 6.45) is 6.35. The van der Waals surface area contributed by atoms with Gasteiger partial charge in [-0.25, -0.2) is 17.7 Å². The summed E-state index contributed by atoms with van der Waals surface area (Å²) in [7, 11) is -8.46. The van der Waals surface area contributed by atoms with E-state index in [9.17, 15) is 22.7 Å². The number of hydrogen-bond donors (Lipinski definition) is 2. The van der Waals surface area contributed by atoms with Crippen molar-refractivity contribution < 1.29 is 31.9 Å². The first-order chi connectivity index (χ1) is 15.4. The molecule has 2 N–H and O–H groups in total. The van der Waals surface area contributed by atoms with Gasteiger partial charge in [-0.05, 0) is 52.3 Å². The molecule has 0 fully saturated rings. The number of nitrogens with zero attached hydrogens (tertiary/aromatic N) is 1. The van der Waals surface area contributed by atoms with Crippen molar-refractivity contribution in [3.63, 3.8) is 0 Å². The number of ether oxygens (including phenoxy) is 1. The molecule has 0 saturated heterocycles. The number of amides is 1. The highest BCUT2D eigenvalue weighted by Crippen LogP contribution is 2.46. The van der Waals surface area contributed by atoms with Gasteiger partial charge >= 0.3 is 13.2 Å². The van der Waals surface area contributed by atoms with Gasteiger partial charge in [0.15, 0.2) is 0 Å². The number of sulfonamides is 1. The lowest BCUT2D eigenvalue weighted by molar-refractivity contribution is 0.171. The molecule has 0 spiro atoms. The van der Waals surface area contributed by atoms with E-state index in [0.717, 1.165) is 0 Å². The van der Waals surface area contributed by atoms with Gasteiger partial charge in [-0.3, -0.25) is 9.32 Å². The monoisotopic (exact) mass is 500 g/mol. The van der Waals surface area contributed by atoms with E-state index in [2.05, 4.69) is 4.72 Å². The van der Waals surface area contributed by atoms with Gasteiger partial charge in [-0.1, -0.05) is 36.4 Å². The van der Waals surface area contributed by atoms with Crippen LogP contribution >= 0.6 is 7.60 Å². The lowest BCUT2D eigenvalue weighted by Crippen LogP contribution is -2.50. The summed E-state index contributed by atoms with van der Waals surface area (Å²) in [5.74, 6) is 0.420. The molecule has 1 aliphatic carbocycles. The normalized spacial score (nSPS) is 20.1. The van der Waals surface area contributed by atoms with Crippen LogP contribution in [-0.4, -0.2) is 54.0 Å². The Hall–Kier alpha value is -1.97. The molecule has 33 heavy (non-hydrogen) atoms. The van der Waals surface area contributed by atoms with Crippen molar-refractivity contribution in [2.75, 3.05) is 13.1 Å². The van der Waals surface area contributed by atoms with Gasteiger partial charge in [0.25, 0.3) is 10.0 Å². The van der Waals surface area contributed by atoms with Crippen LogP contribution in [0.1, 0.15) is 40.5 Å². The molecule has 0 aliphatic heterocycles. The minimum absolute atomic E-state index is 0.0110. The van der Waals surface area contributed by atoms with Gasteiger partial charge < -0.3 is 14.5 Å². The molecular formula is C22H33N2O7PS. The molecule has 2 rings (SSSR count). The third kappa shape index (κ3) is 7.25. The highest BCUT2D eigenvalue weighted by atomic mass is 32.2. The Morgan fingerprint density at radius 2 is 1.88 bits per heavy atom. The van der Waals surface area contributed by atoms with Gasteiger partial charge in [-0.2, -0.15) is 0 Å². The molecule has 1 amide bonds. The van der Waals surface area contributed by atoms with Crippen LogP contribution in [0.3, 0.4) is 0 Å². The maximum absolute atomic E-state index is 13.2. The summed E-state index contributed by atoms with van der Waals surface area (Å²) < 4.78 is 52.1. The van der Waals surface area contributed by atoms with E-state index in [-0.39, 0.29) is 32.0 Å². The van der Waals surface area contributed by atoms with Crippen LogP contribution in [0, 0.1) is 0 Å². The molecule has 0 radical (unpaired) electrons. The number of para-hydroxylation sites is 1. The molecule has 11 heteroatoms. The average molecular weight is 501 g/mol. The largest absolute Gasteiger partial charge is 0.466 e.